The number of nitrogens with zero attached hydrogens (tertiary/aromatic N) is 1. The Hall–Kier alpha value is -2.60. The van der Waals surface area contributed by atoms with E-state index in [0.29, 0.717) is 24.6 Å². The van der Waals surface area contributed by atoms with Gasteiger partial charge < -0.3 is 14.5 Å². The zero-order valence-corrected chi connectivity index (χ0v) is 15.1. The lowest BCUT2D eigenvalue weighted by Crippen LogP contribution is -2.11. The van der Waals surface area contributed by atoms with Crippen molar-refractivity contribution >= 4 is 22.4 Å². The maximum Gasteiger partial charge on any atom is 0.226 e. The van der Waals surface area contributed by atoms with Crippen LogP contribution in [0.5, 0.6) is 5.75 Å². The lowest BCUT2D eigenvalue weighted by molar-refractivity contribution is -0.116. The van der Waals surface area contributed by atoms with Crippen LogP contribution in [0, 0.1) is 6.92 Å². The van der Waals surface area contributed by atoms with E-state index in [4.69, 9.17) is 9.15 Å². The van der Waals surface area contributed by atoms with E-state index in [9.17, 15) is 4.79 Å². The smallest absolute Gasteiger partial charge is 0.226 e. The average molecular weight is 356 g/mol. The number of carbonyl (C=O) groups excluding carboxylic acids is 1. The van der Waals surface area contributed by atoms with Crippen LogP contribution in [-0.4, -0.2) is 17.5 Å². The van der Waals surface area contributed by atoms with Gasteiger partial charge in [0.15, 0.2) is 5.13 Å². The van der Waals surface area contributed by atoms with Crippen molar-refractivity contribution < 1.29 is 13.9 Å². The summed E-state index contributed by atoms with van der Waals surface area (Å²) in [6.07, 6.45) is 2.56. The Bertz CT molecular complexity index is 823. The molecule has 0 saturated carbocycles. The van der Waals surface area contributed by atoms with Gasteiger partial charge in [-0.05, 0) is 50.2 Å². The standard InChI is InChI=1S/C19H20N2O3S/c1-3-23-16-8-6-14(7-9-16)18-13(2)25-19(21-18)20-17(22)11-10-15-5-4-12-24-15/h4-9,12H,3,10-11H2,1-2H3,(H,20,21,22). The summed E-state index contributed by atoms with van der Waals surface area (Å²) in [6, 6.07) is 11.5. The van der Waals surface area contributed by atoms with Crippen LogP contribution in [0.4, 0.5) is 5.13 Å². The summed E-state index contributed by atoms with van der Waals surface area (Å²) in [4.78, 5) is 17.7. The van der Waals surface area contributed by atoms with Crippen LogP contribution in [-0.2, 0) is 11.2 Å². The summed E-state index contributed by atoms with van der Waals surface area (Å²) >= 11 is 1.48. The third-order valence-corrected chi connectivity index (χ3v) is 4.55. The van der Waals surface area contributed by atoms with Gasteiger partial charge in [-0.1, -0.05) is 0 Å². The van der Waals surface area contributed by atoms with Gasteiger partial charge >= 0.3 is 0 Å². The normalized spacial score (nSPS) is 10.6. The van der Waals surface area contributed by atoms with Gasteiger partial charge in [0, 0.05) is 23.3 Å². The van der Waals surface area contributed by atoms with Crippen molar-refractivity contribution in [3.8, 4) is 17.0 Å². The SMILES string of the molecule is CCOc1ccc(-c2nc(NC(=O)CCc3ccco3)sc2C)cc1. The number of aromatic nitrogens is 1. The maximum absolute atomic E-state index is 12.1. The van der Waals surface area contributed by atoms with Crippen LogP contribution in [0.1, 0.15) is 24.0 Å². The molecule has 25 heavy (non-hydrogen) atoms. The molecule has 0 radical (unpaired) electrons. The van der Waals surface area contributed by atoms with E-state index in [1.54, 1.807) is 6.26 Å². The highest BCUT2D eigenvalue weighted by molar-refractivity contribution is 7.16. The molecule has 0 aliphatic carbocycles. The van der Waals surface area contributed by atoms with E-state index < -0.39 is 0 Å². The van der Waals surface area contributed by atoms with Crippen LogP contribution in [0.3, 0.4) is 0 Å². The number of amides is 1. The number of thiazole rings is 1. The second-order valence-corrected chi connectivity index (χ2v) is 6.71. The van der Waals surface area contributed by atoms with Crippen molar-refractivity contribution in [2.45, 2.75) is 26.7 Å². The molecule has 0 unspecified atom stereocenters. The predicted molar refractivity (Wildman–Crippen MR) is 99.1 cm³/mol. The molecule has 0 spiro atoms. The Labute approximate surface area is 150 Å². The second kappa shape index (κ2) is 7.98. The lowest BCUT2D eigenvalue weighted by Gasteiger charge is -2.04. The number of hydrogen-bond acceptors (Lipinski definition) is 5. The number of nitrogens with one attached hydrogen (secondary N) is 1. The first-order valence-corrected chi connectivity index (χ1v) is 9.00. The molecule has 5 nitrogen and oxygen atoms in total. The summed E-state index contributed by atoms with van der Waals surface area (Å²) in [5, 5.41) is 3.49. The van der Waals surface area contributed by atoms with Crippen molar-refractivity contribution in [3.63, 3.8) is 0 Å². The Balaban J connectivity index is 1.64. The largest absolute Gasteiger partial charge is 0.494 e. The number of hydrogen-bond donors (Lipinski definition) is 1. The van der Waals surface area contributed by atoms with Gasteiger partial charge in [-0.3, -0.25) is 4.79 Å². The van der Waals surface area contributed by atoms with E-state index in [1.165, 1.54) is 11.3 Å². The van der Waals surface area contributed by atoms with E-state index in [2.05, 4.69) is 10.3 Å². The first-order chi connectivity index (χ1) is 12.2. The molecule has 0 aliphatic heterocycles. The van der Waals surface area contributed by atoms with E-state index in [0.717, 1.165) is 27.6 Å². The topological polar surface area (TPSA) is 64.4 Å². The van der Waals surface area contributed by atoms with Crippen molar-refractivity contribution in [1.29, 1.82) is 0 Å². The van der Waals surface area contributed by atoms with Gasteiger partial charge in [0.1, 0.15) is 11.5 Å². The molecule has 2 heterocycles. The van der Waals surface area contributed by atoms with Crippen molar-refractivity contribution in [1.82, 2.24) is 4.98 Å². The van der Waals surface area contributed by atoms with Gasteiger partial charge in [-0.25, -0.2) is 4.98 Å². The first-order valence-electron chi connectivity index (χ1n) is 8.18. The first kappa shape index (κ1) is 17.2. The van der Waals surface area contributed by atoms with E-state index >= 15 is 0 Å². The number of rotatable bonds is 7. The molecule has 3 rings (SSSR count). The zero-order valence-electron chi connectivity index (χ0n) is 14.2. The molecule has 0 bridgehead atoms. The van der Waals surface area contributed by atoms with Crippen LogP contribution in [0.25, 0.3) is 11.3 Å². The summed E-state index contributed by atoms with van der Waals surface area (Å²) < 4.78 is 10.7. The molecule has 6 heteroatoms. The third-order valence-electron chi connectivity index (χ3n) is 3.66. The highest BCUT2D eigenvalue weighted by Crippen LogP contribution is 2.31. The number of ether oxygens (including phenoxy) is 1. The Morgan fingerprint density at radius 2 is 2.08 bits per heavy atom. The van der Waals surface area contributed by atoms with Crippen molar-refractivity contribution in [3.05, 3.63) is 53.3 Å². The maximum atomic E-state index is 12.1. The molecule has 1 amide bonds. The molecule has 2 aromatic heterocycles. The van der Waals surface area contributed by atoms with Crippen LogP contribution in [0.15, 0.2) is 47.1 Å². The minimum Gasteiger partial charge on any atom is -0.494 e. The fraction of sp³-hybridized carbons (Fsp3) is 0.263. The molecular formula is C19H20N2O3S. The fourth-order valence-corrected chi connectivity index (χ4v) is 3.32. The van der Waals surface area contributed by atoms with Gasteiger partial charge in [0.25, 0.3) is 0 Å². The van der Waals surface area contributed by atoms with Crippen LogP contribution >= 0.6 is 11.3 Å². The van der Waals surface area contributed by atoms with Gasteiger partial charge in [-0.2, -0.15) is 0 Å². The molecule has 0 atom stereocenters. The highest BCUT2D eigenvalue weighted by Gasteiger charge is 2.12. The number of furan rings is 1. The average Bonchev–Trinajstić information content (AvgIpc) is 3.24. The van der Waals surface area contributed by atoms with Crippen LogP contribution < -0.4 is 10.1 Å². The van der Waals surface area contributed by atoms with Gasteiger partial charge in [0.2, 0.25) is 5.91 Å². The summed E-state index contributed by atoms with van der Waals surface area (Å²) in [5.74, 6) is 1.58. The fourth-order valence-electron chi connectivity index (χ4n) is 2.47. The molecule has 0 fully saturated rings. The van der Waals surface area contributed by atoms with Crippen molar-refractivity contribution in [2.24, 2.45) is 0 Å². The number of aryl methyl sites for hydroxylation is 2. The molecule has 0 saturated heterocycles. The number of anilines is 1. The molecule has 130 valence electrons. The summed E-state index contributed by atoms with van der Waals surface area (Å²) in [5.41, 5.74) is 1.89. The Kier molecular flexibility index (Phi) is 5.50. The predicted octanol–water partition coefficient (Wildman–Crippen LogP) is 4.68. The summed E-state index contributed by atoms with van der Waals surface area (Å²) in [6.45, 7) is 4.60. The van der Waals surface area contributed by atoms with E-state index in [-0.39, 0.29) is 5.91 Å². The number of carbonyl (C=O) groups is 1. The quantitative estimate of drug-likeness (QED) is 0.667. The number of benzene rings is 1. The molecule has 0 aliphatic rings. The Morgan fingerprint density at radius 1 is 1.28 bits per heavy atom. The zero-order chi connectivity index (χ0) is 17.6. The van der Waals surface area contributed by atoms with Gasteiger partial charge in [-0.15, -0.1) is 11.3 Å². The van der Waals surface area contributed by atoms with Crippen molar-refractivity contribution in [2.75, 3.05) is 11.9 Å². The van der Waals surface area contributed by atoms with E-state index in [1.807, 2.05) is 50.2 Å². The Morgan fingerprint density at radius 3 is 2.76 bits per heavy atom. The molecular weight excluding hydrogens is 336 g/mol. The summed E-state index contributed by atoms with van der Waals surface area (Å²) in [7, 11) is 0. The second-order valence-electron chi connectivity index (χ2n) is 5.51. The third kappa shape index (κ3) is 4.48. The monoisotopic (exact) mass is 356 g/mol. The highest BCUT2D eigenvalue weighted by atomic mass is 32.1. The minimum absolute atomic E-state index is 0.0663. The molecule has 1 aromatic carbocycles. The minimum atomic E-state index is -0.0663. The van der Waals surface area contributed by atoms with Gasteiger partial charge in [0.05, 0.1) is 18.6 Å². The lowest BCUT2D eigenvalue weighted by atomic mass is 10.1. The molecule has 3 aromatic rings. The van der Waals surface area contributed by atoms with Crippen LogP contribution in [0.2, 0.25) is 0 Å². The molecule has 1 N–H and O–H groups in total.